The van der Waals surface area contributed by atoms with Crippen molar-refractivity contribution in [2.24, 2.45) is 0 Å². The first-order valence-corrected chi connectivity index (χ1v) is 11.3. The molecule has 0 spiro atoms. The minimum Gasteiger partial charge on any atom is -0.492 e. The number of amides is 1. The molecule has 2 aliphatic heterocycles. The Kier molecular flexibility index (Phi) is 6.08. The molecule has 1 saturated heterocycles. The average Bonchev–Trinajstić information content (AvgIpc) is 3.36. The smallest absolute Gasteiger partial charge is 0.260 e. The van der Waals surface area contributed by atoms with Crippen LogP contribution in [0, 0.1) is 0 Å². The van der Waals surface area contributed by atoms with Crippen molar-refractivity contribution in [1.29, 1.82) is 0 Å². The minimum atomic E-state index is -0.00296. The maximum absolute atomic E-state index is 13.0. The Morgan fingerprint density at radius 3 is 2.44 bits per heavy atom. The number of hydrogen-bond acceptors (Lipinski definition) is 4. The molecule has 0 aromatic heterocycles. The minimum absolute atomic E-state index is 0.00296. The second kappa shape index (κ2) is 9.45. The number of carbonyl (C=O) groups excluding carboxylic acids is 1. The molecule has 0 unspecified atom stereocenters. The quantitative estimate of drug-likeness (QED) is 0.541. The van der Waals surface area contributed by atoms with Gasteiger partial charge in [-0.15, -0.1) is 0 Å². The number of carbonyl (C=O) groups is 1. The van der Waals surface area contributed by atoms with Gasteiger partial charge in [-0.3, -0.25) is 9.69 Å². The van der Waals surface area contributed by atoms with Crippen molar-refractivity contribution in [2.75, 3.05) is 33.0 Å². The maximum atomic E-state index is 13.0. The van der Waals surface area contributed by atoms with E-state index >= 15 is 0 Å². The Hall–Kier alpha value is -3.31. The van der Waals surface area contributed by atoms with E-state index in [0.29, 0.717) is 24.5 Å². The van der Waals surface area contributed by atoms with Crippen molar-refractivity contribution in [3.8, 4) is 22.6 Å². The molecule has 3 aromatic carbocycles. The third-order valence-electron chi connectivity index (χ3n) is 6.15. The van der Waals surface area contributed by atoms with Crippen LogP contribution in [0.2, 0.25) is 0 Å². The van der Waals surface area contributed by atoms with Gasteiger partial charge in [0.2, 0.25) is 0 Å². The molecule has 5 nitrogen and oxygen atoms in total. The van der Waals surface area contributed by atoms with Crippen LogP contribution >= 0.6 is 0 Å². The molecule has 3 aromatic rings. The third-order valence-corrected chi connectivity index (χ3v) is 6.15. The molecule has 2 aliphatic rings. The zero-order valence-electron chi connectivity index (χ0n) is 18.2. The third kappa shape index (κ3) is 4.63. The predicted molar refractivity (Wildman–Crippen MR) is 125 cm³/mol. The van der Waals surface area contributed by atoms with Gasteiger partial charge in [0, 0.05) is 13.1 Å². The van der Waals surface area contributed by atoms with E-state index in [1.54, 1.807) is 4.90 Å². The van der Waals surface area contributed by atoms with Crippen molar-refractivity contribution in [1.82, 2.24) is 9.80 Å². The molecule has 0 bridgehead atoms. The second-order valence-electron chi connectivity index (χ2n) is 8.39. The first-order chi connectivity index (χ1) is 15.8. The van der Waals surface area contributed by atoms with Gasteiger partial charge in [0.25, 0.3) is 5.91 Å². The molecular weight excluding hydrogens is 400 g/mol. The van der Waals surface area contributed by atoms with Crippen molar-refractivity contribution >= 4 is 5.91 Å². The van der Waals surface area contributed by atoms with Crippen LogP contribution < -0.4 is 9.47 Å². The molecule has 2 heterocycles. The normalized spacial score (nSPS) is 16.0. The van der Waals surface area contributed by atoms with Crippen LogP contribution in [0.25, 0.3) is 11.1 Å². The Balaban J connectivity index is 1.19. The lowest BCUT2D eigenvalue weighted by Crippen LogP contribution is -2.38. The van der Waals surface area contributed by atoms with Crippen LogP contribution in [-0.2, 0) is 6.54 Å². The number of benzene rings is 3. The molecule has 5 heteroatoms. The second-order valence-corrected chi connectivity index (χ2v) is 8.39. The van der Waals surface area contributed by atoms with Gasteiger partial charge in [0.05, 0.1) is 5.56 Å². The SMILES string of the molecule is O=C1c2ccc(-c3ccccc3)cc2OCN1Cc1ccc(OCCN2CCCC2)cc1. The van der Waals surface area contributed by atoms with Crippen molar-refractivity contribution < 1.29 is 14.3 Å². The van der Waals surface area contributed by atoms with Crippen LogP contribution in [0.4, 0.5) is 0 Å². The molecule has 0 saturated carbocycles. The summed E-state index contributed by atoms with van der Waals surface area (Å²) >= 11 is 0. The molecule has 164 valence electrons. The van der Waals surface area contributed by atoms with Gasteiger partial charge < -0.3 is 14.4 Å². The van der Waals surface area contributed by atoms with Gasteiger partial charge in [-0.25, -0.2) is 0 Å². The van der Waals surface area contributed by atoms with Crippen LogP contribution in [0.15, 0.2) is 72.8 Å². The first kappa shape index (κ1) is 20.6. The fraction of sp³-hybridized carbons (Fsp3) is 0.296. The summed E-state index contributed by atoms with van der Waals surface area (Å²) in [6.45, 7) is 4.81. The first-order valence-electron chi connectivity index (χ1n) is 11.3. The van der Waals surface area contributed by atoms with Crippen LogP contribution in [0.5, 0.6) is 11.5 Å². The van der Waals surface area contributed by atoms with E-state index in [4.69, 9.17) is 9.47 Å². The van der Waals surface area contributed by atoms with Crippen LogP contribution in [0.1, 0.15) is 28.8 Å². The fourth-order valence-electron chi connectivity index (χ4n) is 4.33. The lowest BCUT2D eigenvalue weighted by Gasteiger charge is -2.29. The summed E-state index contributed by atoms with van der Waals surface area (Å²) in [4.78, 5) is 17.2. The lowest BCUT2D eigenvalue weighted by atomic mass is 10.0. The van der Waals surface area contributed by atoms with E-state index in [1.807, 2.05) is 60.7 Å². The highest BCUT2D eigenvalue weighted by atomic mass is 16.5. The van der Waals surface area contributed by atoms with Crippen molar-refractivity contribution in [3.63, 3.8) is 0 Å². The van der Waals surface area contributed by atoms with Gasteiger partial charge in [0.15, 0.2) is 6.73 Å². The zero-order valence-corrected chi connectivity index (χ0v) is 18.2. The number of hydrogen-bond donors (Lipinski definition) is 0. The highest BCUT2D eigenvalue weighted by molar-refractivity contribution is 5.98. The van der Waals surface area contributed by atoms with Gasteiger partial charge >= 0.3 is 0 Å². The van der Waals surface area contributed by atoms with E-state index in [9.17, 15) is 4.79 Å². The molecule has 0 N–H and O–H groups in total. The highest BCUT2D eigenvalue weighted by Gasteiger charge is 2.26. The predicted octanol–water partition coefficient (Wildman–Crippen LogP) is 4.82. The molecule has 1 amide bonds. The van der Waals surface area contributed by atoms with Crippen LogP contribution in [-0.4, -0.2) is 48.7 Å². The lowest BCUT2D eigenvalue weighted by molar-refractivity contribution is 0.0499. The molecular formula is C27H28N2O3. The molecule has 0 radical (unpaired) electrons. The van der Waals surface area contributed by atoms with Gasteiger partial charge in [-0.2, -0.15) is 0 Å². The molecule has 1 fully saturated rings. The van der Waals surface area contributed by atoms with Gasteiger partial charge in [-0.05, 0) is 66.9 Å². The summed E-state index contributed by atoms with van der Waals surface area (Å²) in [5, 5.41) is 0. The molecule has 0 atom stereocenters. The largest absolute Gasteiger partial charge is 0.492 e. The van der Waals surface area contributed by atoms with Gasteiger partial charge in [0.1, 0.15) is 18.1 Å². The van der Waals surface area contributed by atoms with Crippen LogP contribution in [0.3, 0.4) is 0 Å². The Morgan fingerprint density at radius 1 is 0.875 bits per heavy atom. The average molecular weight is 429 g/mol. The maximum Gasteiger partial charge on any atom is 0.260 e. The Labute approximate surface area is 189 Å². The number of fused-ring (bicyclic) bond motifs is 1. The number of nitrogens with zero attached hydrogens (tertiary/aromatic N) is 2. The summed E-state index contributed by atoms with van der Waals surface area (Å²) in [6.07, 6.45) is 2.60. The molecule has 0 aliphatic carbocycles. The molecule has 5 rings (SSSR count). The summed E-state index contributed by atoms with van der Waals surface area (Å²) < 4.78 is 11.8. The summed E-state index contributed by atoms with van der Waals surface area (Å²) in [5.41, 5.74) is 3.82. The fourth-order valence-corrected chi connectivity index (χ4v) is 4.33. The highest BCUT2D eigenvalue weighted by Crippen LogP contribution is 2.31. The van der Waals surface area contributed by atoms with Gasteiger partial charge in [-0.1, -0.05) is 48.5 Å². The molecule has 32 heavy (non-hydrogen) atoms. The summed E-state index contributed by atoms with van der Waals surface area (Å²) in [5.74, 6) is 1.51. The van der Waals surface area contributed by atoms with E-state index in [2.05, 4.69) is 17.0 Å². The number of likely N-dealkylation sites (tertiary alicyclic amines) is 1. The number of ether oxygens (including phenoxy) is 2. The zero-order chi connectivity index (χ0) is 21.8. The van der Waals surface area contributed by atoms with Crippen molar-refractivity contribution in [2.45, 2.75) is 19.4 Å². The van der Waals surface area contributed by atoms with E-state index in [0.717, 1.165) is 29.0 Å². The van der Waals surface area contributed by atoms with E-state index < -0.39 is 0 Å². The Morgan fingerprint density at radius 2 is 1.66 bits per heavy atom. The summed E-state index contributed by atoms with van der Waals surface area (Å²) in [6, 6.07) is 23.9. The standard InChI is InChI=1S/C27H28N2O3/c30-27-25-13-10-23(22-6-2-1-3-7-22)18-26(25)32-20-29(27)19-21-8-11-24(12-9-21)31-17-16-28-14-4-5-15-28/h1-3,6-13,18H,4-5,14-17,19-20H2. The summed E-state index contributed by atoms with van der Waals surface area (Å²) in [7, 11) is 0. The monoisotopic (exact) mass is 428 g/mol. The number of rotatable bonds is 7. The van der Waals surface area contributed by atoms with E-state index in [1.165, 1.54) is 25.9 Å². The van der Waals surface area contributed by atoms with E-state index in [-0.39, 0.29) is 12.6 Å². The van der Waals surface area contributed by atoms with Crippen molar-refractivity contribution in [3.05, 3.63) is 83.9 Å². The Bertz CT molecular complexity index is 1060. The topological polar surface area (TPSA) is 42.0 Å².